The van der Waals surface area contributed by atoms with Gasteiger partial charge < -0.3 is 4.90 Å². The first-order valence-electron chi connectivity index (χ1n) is 3.04. The molecule has 0 atom stereocenters. The van der Waals surface area contributed by atoms with Crippen LogP contribution in [0.25, 0.3) is 0 Å². The molecule has 0 saturated carbocycles. The van der Waals surface area contributed by atoms with Crippen LogP contribution in [-0.2, 0) is 0 Å². The third-order valence-corrected chi connectivity index (χ3v) is 1.20. The molecule has 1 nitrogen and oxygen atoms in total. The van der Waals surface area contributed by atoms with Crippen molar-refractivity contribution in [3.8, 4) is 0 Å². The van der Waals surface area contributed by atoms with Crippen LogP contribution >= 0.6 is 0 Å². The predicted molar refractivity (Wildman–Crippen MR) is 39.8 cm³/mol. The molecule has 0 amide bonds. The summed E-state index contributed by atoms with van der Waals surface area (Å²) in [5.74, 6) is 0. The van der Waals surface area contributed by atoms with E-state index in [1.54, 1.807) is 0 Å². The van der Waals surface area contributed by atoms with Crippen LogP contribution in [0.4, 0.5) is 0 Å². The zero-order valence-electron chi connectivity index (χ0n) is 5.83. The average molecular weight is 121 g/mol. The molecule has 0 aromatic heterocycles. The number of nitrogens with zero attached hydrogens (tertiary/aromatic N) is 1. The van der Waals surface area contributed by atoms with Gasteiger partial charge in [-0.2, -0.15) is 0 Å². The van der Waals surface area contributed by atoms with Gasteiger partial charge in [-0.15, -0.1) is 0 Å². The number of allylic oxidation sites excluding steroid dienone is 4. The Kier molecular flexibility index (Phi) is 1.73. The van der Waals surface area contributed by atoms with E-state index in [9.17, 15) is 0 Å². The van der Waals surface area contributed by atoms with Gasteiger partial charge in [0.15, 0.2) is 0 Å². The molecule has 9 heavy (non-hydrogen) atoms. The number of rotatable bonds is 0. The quantitative estimate of drug-likeness (QED) is 0.473. The molecule has 0 bridgehead atoms. The van der Waals surface area contributed by atoms with Gasteiger partial charge in [0, 0.05) is 19.4 Å². The number of hydrogen-bond donors (Lipinski definition) is 0. The maximum atomic E-state index is 2.08. The molecule has 0 spiro atoms. The van der Waals surface area contributed by atoms with Crippen LogP contribution < -0.4 is 0 Å². The zero-order chi connectivity index (χ0) is 6.69. The van der Waals surface area contributed by atoms with Gasteiger partial charge in [-0.05, 0) is 18.6 Å². The zero-order valence-corrected chi connectivity index (χ0v) is 5.83. The lowest BCUT2D eigenvalue weighted by atomic mass is 10.3. The van der Waals surface area contributed by atoms with E-state index < -0.39 is 0 Å². The Morgan fingerprint density at radius 2 is 2.11 bits per heavy atom. The van der Waals surface area contributed by atoms with Gasteiger partial charge in [0.1, 0.15) is 0 Å². The van der Waals surface area contributed by atoms with Crippen molar-refractivity contribution in [2.45, 2.75) is 6.92 Å². The van der Waals surface area contributed by atoms with Crippen LogP contribution in [-0.4, -0.2) is 11.9 Å². The Morgan fingerprint density at radius 3 is 2.89 bits per heavy atom. The van der Waals surface area contributed by atoms with Crippen LogP contribution in [0.5, 0.6) is 0 Å². The molecule has 0 aromatic rings. The van der Waals surface area contributed by atoms with Crippen molar-refractivity contribution in [1.29, 1.82) is 0 Å². The Labute approximate surface area is 56.0 Å². The van der Waals surface area contributed by atoms with Gasteiger partial charge >= 0.3 is 0 Å². The van der Waals surface area contributed by atoms with Crippen molar-refractivity contribution in [2.24, 2.45) is 0 Å². The first-order chi connectivity index (χ1) is 4.29. The maximum Gasteiger partial charge on any atom is 0.0106 e. The summed E-state index contributed by atoms with van der Waals surface area (Å²) in [6, 6.07) is 0. The highest BCUT2D eigenvalue weighted by atomic mass is 15.0. The lowest BCUT2D eigenvalue weighted by Gasteiger charge is -2.04. The minimum atomic E-state index is 1.28. The lowest BCUT2D eigenvalue weighted by Crippen LogP contribution is -1.99. The van der Waals surface area contributed by atoms with Gasteiger partial charge in [0.05, 0.1) is 0 Å². The summed E-state index contributed by atoms with van der Waals surface area (Å²) in [7, 11) is 2.02. The predicted octanol–water partition coefficient (Wildman–Crippen LogP) is 1.91. The second kappa shape index (κ2) is 2.53. The Bertz CT molecular complexity index is 175. The van der Waals surface area contributed by atoms with Crippen LogP contribution in [0.2, 0.25) is 0 Å². The highest BCUT2D eigenvalue weighted by molar-refractivity contribution is 5.23. The summed E-state index contributed by atoms with van der Waals surface area (Å²) in [5.41, 5.74) is 1.28. The molecule has 0 aliphatic carbocycles. The largest absolute Gasteiger partial charge is 0.357 e. The fourth-order valence-corrected chi connectivity index (χ4v) is 0.800. The average Bonchev–Trinajstić information content (AvgIpc) is 1.93. The fraction of sp³-hybridized carbons (Fsp3) is 0.250. The Balaban J connectivity index is 2.77. The minimum absolute atomic E-state index is 1.28. The first-order valence-corrected chi connectivity index (χ1v) is 3.04. The normalized spacial score (nSPS) is 17.6. The molecule has 0 saturated heterocycles. The van der Waals surface area contributed by atoms with Crippen molar-refractivity contribution < 1.29 is 0 Å². The molecule has 1 aliphatic heterocycles. The van der Waals surface area contributed by atoms with Crippen molar-refractivity contribution in [1.82, 2.24) is 4.90 Å². The molecule has 0 N–H and O–H groups in total. The lowest BCUT2D eigenvalue weighted by molar-refractivity contribution is 0.623. The van der Waals surface area contributed by atoms with Crippen molar-refractivity contribution >= 4 is 0 Å². The molecule has 1 rings (SSSR count). The number of hydrogen-bond acceptors (Lipinski definition) is 1. The van der Waals surface area contributed by atoms with E-state index in [0.717, 1.165) is 0 Å². The summed E-state index contributed by atoms with van der Waals surface area (Å²) in [6.07, 6.45) is 10.2. The molecular weight excluding hydrogens is 110 g/mol. The van der Waals surface area contributed by atoms with E-state index in [-0.39, 0.29) is 0 Å². The minimum Gasteiger partial charge on any atom is -0.357 e. The summed E-state index contributed by atoms with van der Waals surface area (Å²) in [6.45, 7) is 2.08. The Morgan fingerprint density at radius 1 is 1.33 bits per heavy atom. The molecule has 1 heteroatoms. The highest BCUT2D eigenvalue weighted by Crippen LogP contribution is 2.01. The van der Waals surface area contributed by atoms with Crippen molar-refractivity contribution in [2.75, 3.05) is 7.05 Å². The summed E-state index contributed by atoms with van der Waals surface area (Å²) in [5, 5.41) is 0. The molecule has 48 valence electrons. The third-order valence-electron chi connectivity index (χ3n) is 1.20. The van der Waals surface area contributed by atoms with Gasteiger partial charge in [-0.25, -0.2) is 0 Å². The van der Waals surface area contributed by atoms with E-state index in [2.05, 4.69) is 19.2 Å². The topological polar surface area (TPSA) is 3.24 Å². The van der Waals surface area contributed by atoms with Crippen molar-refractivity contribution in [3.05, 3.63) is 36.2 Å². The van der Waals surface area contributed by atoms with Crippen LogP contribution in [0.15, 0.2) is 36.2 Å². The molecule has 1 heterocycles. The molecule has 0 aromatic carbocycles. The summed E-state index contributed by atoms with van der Waals surface area (Å²) < 4.78 is 0. The van der Waals surface area contributed by atoms with E-state index in [1.807, 2.05) is 30.3 Å². The standard InChI is InChI=1S/C8H11N/c1-8-5-3-4-6-9(2)7-8/h3-7H,1-2H3. The van der Waals surface area contributed by atoms with E-state index in [1.165, 1.54) is 5.57 Å². The van der Waals surface area contributed by atoms with Gasteiger partial charge in [-0.1, -0.05) is 12.2 Å². The molecule has 0 fully saturated rings. The summed E-state index contributed by atoms with van der Waals surface area (Å²) >= 11 is 0. The molecule has 1 aliphatic rings. The highest BCUT2D eigenvalue weighted by Gasteiger charge is 1.87. The summed E-state index contributed by atoms with van der Waals surface area (Å²) in [4.78, 5) is 2.04. The van der Waals surface area contributed by atoms with Crippen LogP contribution in [0, 0.1) is 0 Å². The second-order valence-corrected chi connectivity index (χ2v) is 2.24. The van der Waals surface area contributed by atoms with Crippen LogP contribution in [0.1, 0.15) is 6.92 Å². The second-order valence-electron chi connectivity index (χ2n) is 2.24. The molecule has 0 radical (unpaired) electrons. The maximum absolute atomic E-state index is 2.08. The van der Waals surface area contributed by atoms with Crippen LogP contribution in [0.3, 0.4) is 0 Å². The third kappa shape index (κ3) is 1.76. The smallest absolute Gasteiger partial charge is 0.0106 e. The van der Waals surface area contributed by atoms with E-state index >= 15 is 0 Å². The van der Waals surface area contributed by atoms with E-state index in [0.29, 0.717) is 0 Å². The van der Waals surface area contributed by atoms with E-state index in [4.69, 9.17) is 0 Å². The van der Waals surface area contributed by atoms with Gasteiger partial charge in [-0.3, -0.25) is 0 Å². The molecular formula is C8H11N. The first kappa shape index (κ1) is 6.14. The monoisotopic (exact) mass is 121 g/mol. The Hall–Kier alpha value is -0.980. The molecule has 0 unspecified atom stereocenters. The van der Waals surface area contributed by atoms with Gasteiger partial charge in [0.25, 0.3) is 0 Å². The van der Waals surface area contributed by atoms with Gasteiger partial charge in [0.2, 0.25) is 0 Å². The SMILES string of the molecule is CC1=CN(C)C=CC=C1. The fourth-order valence-electron chi connectivity index (χ4n) is 0.800. The van der Waals surface area contributed by atoms with Crippen molar-refractivity contribution in [3.63, 3.8) is 0 Å².